The molecule has 90 valence electrons. The number of nitrogens with two attached hydrogens (primary N) is 1. The third-order valence-corrected chi connectivity index (χ3v) is 3.05. The highest BCUT2D eigenvalue weighted by Crippen LogP contribution is 2.29. The van der Waals surface area contributed by atoms with Gasteiger partial charge in [0, 0.05) is 6.54 Å². The van der Waals surface area contributed by atoms with Crippen molar-refractivity contribution in [1.29, 1.82) is 0 Å². The number of hydrogen-bond donors (Lipinski definition) is 3. The zero-order valence-corrected chi connectivity index (χ0v) is 10.1. The van der Waals surface area contributed by atoms with Gasteiger partial charge in [-0.3, -0.25) is 4.79 Å². The summed E-state index contributed by atoms with van der Waals surface area (Å²) < 4.78 is 8.16. The maximum atomic E-state index is 10.6. The number of carboxylic acids is 1. The van der Waals surface area contributed by atoms with Crippen LogP contribution < -0.4 is 11.1 Å². The summed E-state index contributed by atoms with van der Waals surface area (Å²) in [6, 6.07) is 2.44. The van der Waals surface area contributed by atoms with E-state index in [2.05, 4.69) is 14.1 Å². The van der Waals surface area contributed by atoms with Crippen molar-refractivity contribution in [1.82, 2.24) is 8.75 Å². The number of aromatic nitrogens is 2. The third-order valence-electron chi connectivity index (χ3n) is 2.19. The van der Waals surface area contributed by atoms with Gasteiger partial charge in [0.15, 0.2) is 0 Å². The lowest BCUT2D eigenvalue weighted by Gasteiger charge is -2.11. The minimum Gasteiger partial charge on any atom is -0.480 e. The van der Waals surface area contributed by atoms with E-state index in [4.69, 9.17) is 22.4 Å². The number of halogens is 1. The molecule has 0 saturated heterocycles. The van der Waals surface area contributed by atoms with E-state index in [0.29, 0.717) is 21.7 Å². The van der Waals surface area contributed by atoms with Crippen molar-refractivity contribution in [3.8, 4) is 0 Å². The monoisotopic (exact) mass is 272 g/mol. The molecule has 2 rings (SSSR count). The molecule has 0 saturated carbocycles. The van der Waals surface area contributed by atoms with Crippen LogP contribution in [0.3, 0.4) is 0 Å². The number of fused-ring (bicyclic) bond motifs is 1. The molecule has 1 aromatic heterocycles. The summed E-state index contributed by atoms with van der Waals surface area (Å²) >= 11 is 7.08. The molecule has 1 atom stereocenters. The van der Waals surface area contributed by atoms with Gasteiger partial charge in [0.1, 0.15) is 17.1 Å². The van der Waals surface area contributed by atoms with Crippen LogP contribution in [-0.2, 0) is 4.79 Å². The average Bonchev–Trinajstić information content (AvgIpc) is 2.75. The van der Waals surface area contributed by atoms with Crippen molar-refractivity contribution in [2.75, 3.05) is 11.9 Å². The van der Waals surface area contributed by atoms with Crippen LogP contribution in [-0.4, -0.2) is 32.4 Å². The molecule has 1 unspecified atom stereocenters. The number of benzene rings is 1. The van der Waals surface area contributed by atoms with Gasteiger partial charge >= 0.3 is 5.97 Å². The molecule has 0 aliphatic carbocycles. The molecule has 0 amide bonds. The molecule has 6 nitrogen and oxygen atoms in total. The van der Waals surface area contributed by atoms with Crippen molar-refractivity contribution >= 4 is 46.0 Å². The lowest BCUT2D eigenvalue weighted by molar-refractivity contribution is -0.138. The van der Waals surface area contributed by atoms with Gasteiger partial charge in [-0.05, 0) is 12.1 Å². The van der Waals surface area contributed by atoms with Crippen LogP contribution in [0.4, 0.5) is 5.69 Å². The van der Waals surface area contributed by atoms with Crippen LogP contribution in [0, 0.1) is 0 Å². The summed E-state index contributed by atoms with van der Waals surface area (Å²) in [6.45, 7) is 0.0751. The van der Waals surface area contributed by atoms with E-state index in [9.17, 15) is 4.79 Å². The average molecular weight is 273 g/mol. The fourth-order valence-corrected chi connectivity index (χ4v) is 2.06. The van der Waals surface area contributed by atoms with Gasteiger partial charge < -0.3 is 16.2 Å². The molecule has 8 heteroatoms. The number of carboxylic acid groups (broad SMARTS) is 1. The fourth-order valence-electron chi connectivity index (χ4n) is 1.29. The van der Waals surface area contributed by atoms with E-state index >= 15 is 0 Å². The van der Waals surface area contributed by atoms with Gasteiger partial charge in [0.2, 0.25) is 0 Å². The summed E-state index contributed by atoms with van der Waals surface area (Å²) in [4.78, 5) is 10.6. The van der Waals surface area contributed by atoms with Gasteiger partial charge in [0.05, 0.1) is 22.4 Å². The molecule has 4 N–H and O–H groups in total. The van der Waals surface area contributed by atoms with E-state index in [1.54, 1.807) is 12.1 Å². The molecular formula is C9H9ClN4O2S. The molecule has 0 fully saturated rings. The van der Waals surface area contributed by atoms with E-state index in [-0.39, 0.29) is 6.54 Å². The molecule has 0 radical (unpaired) electrons. The molecule has 1 aromatic carbocycles. The zero-order valence-electron chi connectivity index (χ0n) is 8.55. The van der Waals surface area contributed by atoms with E-state index in [1.807, 2.05) is 0 Å². The highest BCUT2D eigenvalue weighted by molar-refractivity contribution is 7.00. The second kappa shape index (κ2) is 4.82. The van der Waals surface area contributed by atoms with E-state index in [1.165, 1.54) is 0 Å². The largest absolute Gasteiger partial charge is 0.480 e. The summed E-state index contributed by atoms with van der Waals surface area (Å²) in [5.74, 6) is -1.07. The Hall–Kier alpha value is -1.44. The summed E-state index contributed by atoms with van der Waals surface area (Å²) in [7, 11) is 0. The first-order chi connectivity index (χ1) is 8.09. The summed E-state index contributed by atoms with van der Waals surface area (Å²) in [5, 5.41) is 12.0. The number of anilines is 1. The minimum atomic E-state index is -1.07. The molecule has 2 aromatic rings. The quantitative estimate of drug-likeness (QED) is 0.772. The number of nitrogens with one attached hydrogen (secondary N) is 1. The highest BCUT2D eigenvalue weighted by atomic mass is 35.5. The lowest BCUT2D eigenvalue weighted by Crippen LogP contribution is -2.37. The van der Waals surface area contributed by atoms with Crippen molar-refractivity contribution in [3.63, 3.8) is 0 Å². The smallest absolute Gasteiger partial charge is 0.322 e. The zero-order chi connectivity index (χ0) is 12.4. The van der Waals surface area contributed by atoms with Crippen molar-refractivity contribution in [2.24, 2.45) is 5.73 Å². The van der Waals surface area contributed by atoms with Crippen LogP contribution >= 0.6 is 23.3 Å². The van der Waals surface area contributed by atoms with E-state index < -0.39 is 12.0 Å². The van der Waals surface area contributed by atoms with Crippen molar-refractivity contribution in [3.05, 3.63) is 17.2 Å². The molecule has 0 aliphatic heterocycles. The number of rotatable bonds is 4. The Balaban J connectivity index is 2.25. The topological polar surface area (TPSA) is 101 Å². The van der Waals surface area contributed by atoms with Crippen LogP contribution in [0.5, 0.6) is 0 Å². The first-order valence-electron chi connectivity index (χ1n) is 4.72. The van der Waals surface area contributed by atoms with E-state index in [0.717, 1.165) is 11.7 Å². The van der Waals surface area contributed by atoms with Gasteiger partial charge in [-0.2, -0.15) is 8.75 Å². The first kappa shape index (κ1) is 12.0. The maximum Gasteiger partial charge on any atom is 0.322 e. The second-order valence-corrected chi connectivity index (χ2v) is 4.32. The second-order valence-electron chi connectivity index (χ2n) is 3.38. The SMILES string of the molecule is NC(CNc1c(Cl)ccc2nsnc12)C(=O)O. The Kier molecular flexibility index (Phi) is 3.41. The van der Waals surface area contributed by atoms with Gasteiger partial charge in [-0.15, -0.1) is 0 Å². The van der Waals surface area contributed by atoms with Crippen LogP contribution in [0.2, 0.25) is 5.02 Å². The number of carbonyl (C=O) groups is 1. The molecule has 0 spiro atoms. The Labute approximate surface area is 106 Å². The summed E-state index contributed by atoms with van der Waals surface area (Å²) in [6.07, 6.45) is 0. The minimum absolute atomic E-state index is 0.0751. The Morgan fingerprint density at radius 1 is 1.59 bits per heavy atom. The molecular weight excluding hydrogens is 264 g/mol. The molecule has 1 heterocycles. The van der Waals surface area contributed by atoms with Crippen molar-refractivity contribution < 1.29 is 9.90 Å². The van der Waals surface area contributed by atoms with Crippen LogP contribution in [0.1, 0.15) is 0 Å². The number of aliphatic carboxylic acids is 1. The predicted molar refractivity (Wildman–Crippen MR) is 66.5 cm³/mol. The van der Waals surface area contributed by atoms with Gasteiger partial charge in [-0.1, -0.05) is 11.6 Å². The first-order valence-corrected chi connectivity index (χ1v) is 5.83. The van der Waals surface area contributed by atoms with Gasteiger partial charge in [-0.25, -0.2) is 0 Å². The Bertz CT molecular complexity index is 559. The third kappa shape index (κ3) is 2.46. The van der Waals surface area contributed by atoms with Crippen molar-refractivity contribution in [2.45, 2.75) is 6.04 Å². The number of nitrogens with zero attached hydrogens (tertiary/aromatic N) is 2. The molecule has 0 aliphatic rings. The van der Waals surface area contributed by atoms with Crippen LogP contribution in [0.15, 0.2) is 12.1 Å². The van der Waals surface area contributed by atoms with Crippen LogP contribution in [0.25, 0.3) is 11.0 Å². The maximum absolute atomic E-state index is 10.6. The molecule has 0 bridgehead atoms. The lowest BCUT2D eigenvalue weighted by atomic mass is 10.2. The molecule has 17 heavy (non-hydrogen) atoms. The Morgan fingerprint density at radius 2 is 2.35 bits per heavy atom. The van der Waals surface area contributed by atoms with Gasteiger partial charge in [0.25, 0.3) is 0 Å². The summed E-state index contributed by atoms with van der Waals surface area (Å²) in [5.41, 5.74) is 7.30. The normalized spacial score (nSPS) is 12.6. The standard InChI is InChI=1S/C9H9ClN4O2S/c10-4-1-2-6-8(14-17-13-6)7(4)12-3-5(11)9(15)16/h1-2,5,12H,3,11H2,(H,15,16). The fraction of sp³-hybridized carbons (Fsp3) is 0.222. The highest BCUT2D eigenvalue weighted by Gasteiger charge is 2.14. The number of hydrogen-bond acceptors (Lipinski definition) is 6. The predicted octanol–water partition coefficient (Wildman–Crippen LogP) is 1.17. The Morgan fingerprint density at radius 3 is 3.06 bits per heavy atom.